The Kier molecular flexibility index (Phi) is 4.29. The summed E-state index contributed by atoms with van der Waals surface area (Å²) in [5.74, 6) is 0.105. The molecule has 0 bridgehead atoms. The molecule has 21 heavy (non-hydrogen) atoms. The molecule has 3 nitrogen and oxygen atoms in total. The van der Waals surface area contributed by atoms with E-state index in [-0.39, 0.29) is 11.9 Å². The number of hydrogen-bond donors (Lipinski definition) is 1. The van der Waals surface area contributed by atoms with Crippen molar-refractivity contribution in [3.63, 3.8) is 0 Å². The van der Waals surface area contributed by atoms with Crippen molar-refractivity contribution < 1.29 is 4.79 Å². The van der Waals surface area contributed by atoms with Gasteiger partial charge in [-0.1, -0.05) is 29.8 Å². The van der Waals surface area contributed by atoms with Crippen molar-refractivity contribution in [2.24, 2.45) is 0 Å². The number of piperazine rings is 1. The van der Waals surface area contributed by atoms with Crippen LogP contribution in [-0.4, -0.2) is 30.4 Å². The zero-order valence-corrected chi connectivity index (χ0v) is 13.4. The van der Waals surface area contributed by atoms with Crippen molar-refractivity contribution in [1.29, 1.82) is 0 Å². The number of amides is 1. The Hall–Kier alpha value is -1.36. The molecule has 1 atom stereocenters. The summed E-state index contributed by atoms with van der Waals surface area (Å²) in [6.45, 7) is 4.24. The summed E-state index contributed by atoms with van der Waals surface area (Å²) in [6.07, 6.45) is 0. The van der Waals surface area contributed by atoms with Gasteiger partial charge >= 0.3 is 0 Å². The maximum atomic E-state index is 12.8. The minimum absolute atomic E-state index is 0.0125. The van der Waals surface area contributed by atoms with Gasteiger partial charge in [0.2, 0.25) is 0 Å². The van der Waals surface area contributed by atoms with Gasteiger partial charge in [0.15, 0.2) is 0 Å². The summed E-state index contributed by atoms with van der Waals surface area (Å²) in [6, 6.07) is 9.74. The second-order valence-corrected chi connectivity index (χ2v) is 6.50. The lowest BCUT2D eigenvalue weighted by molar-refractivity contribution is 0.0639. The smallest absolute Gasteiger partial charge is 0.264 e. The van der Waals surface area contributed by atoms with Gasteiger partial charge in [0.1, 0.15) is 0 Å². The van der Waals surface area contributed by atoms with E-state index in [0.29, 0.717) is 11.6 Å². The minimum atomic E-state index is -0.0125. The standard InChI is InChI=1S/C16H17ClN2OS/c1-11-6-9-21-15(11)16(20)19-8-7-18-10-14(19)12-4-2-3-5-13(12)17/h2-6,9,14,18H,7-8,10H2,1H3. The van der Waals surface area contributed by atoms with Crippen molar-refractivity contribution in [2.45, 2.75) is 13.0 Å². The van der Waals surface area contributed by atoms with Gasteiger partial charge in [-0.15, -0.1) is 11.3 Å². The molecule has 0 radical (unpaired) electrons. The summed E-state index contributed by atoms with van der Waals surface area (Å²) in [4.78, 5) is 15.6. The van der Waals surface area contributed by atoms with Crippen LogP contribution >= 0.6 is 22.9 Å². The number of halogens is 1. The zero-order valence-electron chi connectivity index (χ0n) is 11.8. The zero-order chi connectivity index (χ0) is 14.8. The molecule has 1 aliphatic heterocycles. The number of hydrogen-bond acceptors (Lipinski definition) is 3. The number of aryl methyl sites for hydroxylation is 1. The predicted molar refractivity (Wildman–Crippen MR) is 87.2 cm³/mol. The SMILES string of the molecule is Cc1ccsc1C(=O)N1CCNCC1c1ccccc1Cl. The van der Waals surface area contributed by atoms with Gasteiger partial charge in [-0.2, -0.15) is 0 Å². The maximum absolute atomic E-state index is 12.8. The van der Waals surface area contributed by atoms with Crippen LogP contribution in [0.15, 0.2) is 35.7 Å². The van der Waals surface area contributed by atoms with E-state index >= 15 is 0 Å². The van der Waals surface area contributed by atoms with E-state index in [9.17, 15) is 4.79 Å². The van der Waals surface area contributed by atoms with E-state index in [1.54, 1.807) is 0 Å². The van der Waals surface area contributed by atoms with Crippen molar-refractivity contribution in [3.8, 4) is 0 Å². The molecular weight excluding hydrogens is 304 g/mol. The number of nitrogens with zero attached hydrogens (tertiary/aromatic N) is 1. The number of nitrogens with one attached hydrogen (secondary N) is 1. The fraction of sp³-hybridized carbons (Fsp3) is 0.312. The fourth-order valence-corrected chi connectivity index (χ4v) is 3.83. The lowest BCUT2D eigenvalue weighted by atomic mass is 10.0. The lowest BCUT2D eigenvalue weighted by Gasteiger charge is -2.36. The predicted octanol–water partition coefficient (Wildman–Crippen LogP) is 3.50. The molecule has 1 unspecified atom stereocenters. The molecule has 1 N–H and O–H groups in total. The Bertz CT molecular complexity index is 655. The van der Waals surface area contributed by atoms with Crippen LogP contribution in [0.3, 0.4) is 0 Å². The number of carbonyl (C=O) groups excluding carboxylic acids is 1. The fourth-order valence-electron chi connectivity index (χ4n) is 2.69. The second kappa shape index (κ2) is 6.18. The summed E-state index contributed by atoms with van der Waals surface area (Å²) in [7, 11) is 0. The normalized spacial score (nSPS) is 18.8. The van der Waals surface area contributed by atoms with Gasteiger partial charge in [-0.25, -0.2) is 0 Å². The van der Waals surface area contributed by atoms with Gasteiger partial charge in [0, 0.05) is 24.7 Å². The number of benzene rings is 1. The molecule has 1 saturated heterocycles. The van der Waals surface area contributed by atoms with Crippen LogP contribution in [-0.2, 0) is 0 Å². The summed E-state index contributed by atoms with van der Waals surface area (Å²) in [5, 5.41) is 6.04. The van der Waals surface area contributed by atoms with Crippen LogP contribution in [0.25, 0.3) is 0 Å². The maximum Gasteiger partial charge on any atom is 0.264 e. The second-order valence-electron chi connectivity index (χ2n) is 5.17. The molecule has 0 spiro atoms. The van der Waals surface area contributed by atoms with Crippen LogP contribution in [0.4, 0.5) is 0 Å². The monoisotopic (exact) mass is 320 g/mol. The Morgan fingerprint density at radius 1 is 1.38 bits per heavy atom. The molecule has 110 valence electrons. The Balaban J connectivity index is 1.94. The van der Waals surface area contributed by atoms with Crippen LogP contribution in [0.1, 0.15) is 26.8 Å². The molecule has 1 aromatic carbocycles. The molecule has 2 heterocycles. The number of thiophene rings is 1. The highest BCUT2D eigenvalue weighted by Crippen LogP contribution is 2.30. The van der Waals surface area contributed by atoms with Crippen molar-refractivity contribution >= 4 is 28.8 Å². The van der Waals surface area contributed by atoms with Gasteiger partial charge in [-0.3, -0.25) is 4.79 Å². The molecule has 3 rings (SSSR count). The molecule has 0 saturated carbocycles. The highest BCUT2D eigenvalue weighted by molar-refractivity contribution is 7.12. The van der Waals surface area contributed by atoms with Crippen LogP contribution < -0.4 is 5.32 Å². The number of carbonyl (C=O) groups is 1. The van der Waals surface area contributed by atoms with E-state index in [0.717, 1.165) is 29.1 Å². The molecule has 0 aliphatic carbocycles. The van der Waals surface area contributed by atoms with Crippen molar-refractivity contribution in [2.75, 3.05) is 19.6 Å². The Labute approximate surface area is 133 Å². The largest absolute Gasteiger partial charge is 0.328 e. The van der Waals surface area contributed by atoms with Crippen LogP contribution in [0.2, 0.25) is 5.02 Å². The molecule has 1 aliphatic rings. The van der Waals surface area contributed by atoms with Gasteiger partial charge in [-0.05, 0) is 35.6 Å². The molecule has 2 aromatic rings. The van der Waals surface area contributed by atoms with Crippen molar-refractivity contribution in [1.82, 2.24) is 10.2 Å². The number of rotatable bonds is 2. The molecule has 1 fully saturated rings. The first kappa shape index (κ1) is 14.6. The summed E-state index contributed by atoms with van der Waals surface area (Å²) >= 11 is 7.83. The highest BCUT2D eigenvalue weighted by atomic mass is 35.5. The van der Waals surface area contributed by atoms with Crippen LogP contribution in [0.5, 0.6) is 0 Å². The molecule has 5 heteroatoms. The average Bonchev–Trinajstić information content (AvgIpc) is 2.93. The Morgan fingerprint density at radius 3 is 2.90 bits per heavy atom. The van der Waals surface area contributed by atoms with E-state index in [1.165, 1.54) is 11.3 Å². The summed E-state index contributed by atoms with van der Waals surface area (Å²) in [5.41, 5.74) is 2.05. The third-order valence-corrected chi connectivity index (χ3v) is 5.17. The van der Waals surface area contributed by atoms with Gasteiger partial charge < -0.3 is 10.2 Å². The molecule has 1 aromatic heterocycles. The van der Waals surface area contributed by atoms with Gasteiger partial charge in [0.25, 0.3) is 5.91 Å². The third-order valence-electron chi connectivity index (χ3n) is 3.82. The average molecular weight is 321 g/mol. The highest BCUT2D eigenvalue weighted by Gasteiger charge is 2.30. The van der Waals surface area contributed by atoms with E-state index in [4.69, 9.17) is 11.6 Å². The van der Waals surface area contributed by atoms with E-state index < -0.39 is 0 Å². The van der Waals surface area contributed by atoms with Gasteiger partial charge in [0.05, 0.1) is 10.9 Å². The molecule has 1 amide bonds. The quantitative estimate of drug-likeness (QED) is 0.918. The first-order valence-corrected chi connectivity index (χ1v) is 8.24. The topological polar surface area (TPSA) is 32.3 Å². The lowest BCUT2D eigenvalue weighted by Crippen LogP contribution is -2.48. The Morgan fingerprint density at radius 2 is 2.19 bits per heavy atom. The molecular formula is C16H17ClN2OS. The van der Waals surface area contributed by atoms with Crippen molar-refractivity contribution in [3.05, 3.63) is 56.7 Å². The summed E-state index contributed by atoms with van der Waals surface area (Å²) < 4.78 is 0. The first-order valence-electron chi connectivity index (χ1n) is 6.98. The van der Waals surface area contributed by atoms with E-state index in [2.05, 4.69) is 5.32 Å². The minimum Gasteiger partial charge on any atom is -0.328 e. The van der Waals surface area contributed by atoms with Crippen LogP contribution in [0, 0.1) is 6.92 Å². The first-order chi connectivity index (χ1) is 10.2. The van der Waals surface area contributed by atoms with E-state index in [1.807, 2.05) is 47.5 Å². The third kappa shape index (κ3) is 2.84.